The molecule has 1 saturated heterocycles. The summed E-state index contributed by atoms with van der Waals surface area (Å²) in [7, 11) is 3.09. The second-order valence-corrected chi connectivity index (χ2v) is 8.56. The Morgan fingerprint density at radius 1 is 0.970 bits per heavy atom. The monoisotopic (exact) mass is 451 g/mol. The standard InChI is InChI=1S/C25H29N3O5/c1-15(16-6-8-19(9-7-16)27-24(30)17-4-5-17)26-25(31)18-12-23(29)28(14-18)20-10-11-21(32-2)22(13-20)33-3/h6-11,13,15,17-18H,4-5,12,14H2,1-3H3,(H,26,31)(H,27,30). The molecule has 2 atom stereocenters. The smallest absolute Gasteiger partial charge is 0.227 e. The van der Waals surface area contributed by atoms with Gasteiger partial charge in [-0.1, -0.05) is 12.1 Å². The van der Waals surface area contributed by atoms with E-state index in [1.165, 1.54) is 0 Å². The van der Waals surface area contributed by atoms with Gasteiger partial charge in [0.05, 0.1) is 26.2 Å². The first-order chi connectivity index (χ1) is 15.9. The predicted octanol–water partition coefficient (Wildman–Crippen LogP) is 3.28. The number of benzene rings is 2. The molecule has 2 aliphatic rings. The van der Waals surface area contributed by atoms with Crippen LogP contribution in [0.15, 0.2) is 42.5 Å². The molecule has 2 fully saturated rings. The summed E-state index contributed by atoms with van der Waals surface area (Å²) in [6.07, 6.45) is 2.07. The molecule has 1 saturated carbocycles. The number of amides is 3. The highest BCUT2D eigenvalue weighted by Crippen LogP contribution is 2.34. The molecule has 1 aliphatic carbocycles. The molecular weight excluding hydrogens is 422 g/mol. The van der Waals surface area contributed by atoms with E-state index in [2.05, 4.69) is 10.6 Å². The van der Waals surface area contributed by atoms with E-state index in [-0.39, 0.29) is 36.1 Å². The highest BCUT2D eigenvalue weighted by Gasteiger charge is 2.36. The van der Waals surface area contributed by atoms with E-state index in [0.29, 0.717) is 23.7 Å². The Balaban J connectivity index is 1.35. The van der Waals surface area contributed by atoms with Crippen molar-refractivity contribution in [1.29, 1.82) is 0 Å². The van der Waals surface area contributed by atoms with Crippen molar-refractivity contribution >= 4 is 29.1 Å². The number of hydrogen-bond acceptors (Lipinski definition) is 5. The lowest BCUT2D eigenvalue weighted by Gasteiger charge is -2.20. The maximum absolute atomic E-state index is 12.9. The maximum Gasteiger partial charge on any atom is 0.227 e. The highest BCUT2D eigenvalue weighted by molar-refractivity contribution is 6.00. The molecule has 3 amide bonds. The fourth-order valence-corrected chi connectivity index (χ4v) is 3.99. The lowest BCUT2D eigenvalue weighted by molar-refractivity contribution is -0.126. The van der Waals surface area contributed by atoms with Crippen molar-refractivity contribution in [3.05, 3.63) is 48.0 Å². The Hall–Kier alpha value is -3.55. The van der Waals surface area contributed by atoms with Crippen molar-refractivity contribution in [1.82, 2.24) is 5.32 Å². The number of rotatable bonds is 8. The Morgan fingerprint density at radius 2 is 1.67 bits per heavy atom. The normalized spacial score (nSPS) is 18.6. The molecule has 0 radical (unpaired) electrons. The van der Waals surface area contributed by atoms with Gasteiger partial charge in [-0.05, 0) is 49.6 Å². The molecule has 0 bridgehead atoms. The van der Waals surface area contributed by atoms with E-state index in [1.807, 2.05) is 31.2 Å². The zero-order valence-corrected chi connectivity index (χ0v) is 19.1. The Kier molecular flexibility index (Phi) is 6.53. The molecule has 0 spiro atoms. The van der Waals surface area contributed by atoms with Crippen molar-refractivity contribution < 1.29 is 23.9 Å². The molecule has 8 nitrogen and oxygen atoms in total. The summed E-state index contributed by atoms with van der Waals surface area (Å²) in [5.74, 6) is 0.612. The molecule has 4 rings (SSSR count). The van der Waals surface area contributed by atoms with Gasteiger partial charge in [-0.25, -0.2) is 0 Å². The van der Waals surface area contributed by atoms with Crippen LogP contribution < -0.4 is 25.0 Å². The van der Waals surface area contributed by atoms with Crippen molar-refractivity contribution in [2.75, 3.05) is 31.0 Å². The van der Waals surface area contributed by atoms with Crippen LogP contribution in [-0.2, 0) is 14.4 Å². The Morgan fingerprint density at radius 3 is 2.30 bits per heavy atom. The average Bonchev–Trinajstić information content (AvgIpc) is 3.60. The molecule has 2 unspecified atom stereocenters. The molecule has 8 heteroatoms. The van der Waals surface area contributed by atoms with E-state index < -0.39 is 5.92 Å². The first kappa shape index (κ1) is 22.6. The SMILES string of the molecule is COc1ccc(N2CC(C(=O)NC(C)c3ccc(NC(=O)C4CC4)cc3)CC2=O)cc1OC. The van der Waals surface area contributed by atoms with Crippen LogP contribution in [0.25, 0.3) is 0 Å². The van der Waals surface area contributed by atoms with Crippen LogP contribution in [-0.4, -0.2) is 38.5 Å². The van der Waals surface area contributed by atoms with Crippen LogP contribution in [0.4, 0.5) is 11.4 Å². The van der Waals surface area contributed by atoms with E-state index in [1.54, 1.807) is 37.3 Å². The molecule has 2 aromatic carbocycles. The maximum atomic E-state index is 12.9. The van der Waals surface area contributed by atoms with Crippen LogP contribution in [0.3, 0.4) is 0 Å². The predicted molar refractivity (Wildman–Crippen MR) is 124 cm³/mol. The number of anilines is 2. The number of hydrogen-bond donors (Lipinski definition) is 2. The molecule has 2 aromatic rings. The number of nitrogens with one attached hydrogen (secondary N) is 2. The van der Waals surface area contributed by atoms with Crippen LogP contribution >= 0.6 is 0 Å². The first-order valence-electron chi connectivity index (χ1n) is 11.1. The topological polar surface area (TPSA) is 97.0 Å². The van der Waals surface area contributed by atoms with Gasteiger partial charge < -0.3 is 25.0 Å². The minimum absolute atomic E-state index is 0.0639. The van der Waals surface area contributed by atoms with Crippen LogP contribution in [0.5, 0.6) is 11.5 Å². The second kappa shape index (κ2) is 9.52. The summed E-state index contributed by atoms with van der Waals surface area (Å²) in [4.78, 5) is 39.0. The van der Waals surface area contributed by atoms with Crippen LogP contribution in [0.2, 0.25) is 0 Å². The molecule has 33 heavy (non-hydrogen) atoms. The van der Waals surface area contributed by atoms with Crippen LogP contribution in [0, 0.1) is 11.8 Å². The summed E-state index contributed by atoms with van der Waals surface area (Å²) in [6, 6.07) is 12.5. The minimum atomic E-state index is -0.440. The summed E-state index contributed by atoms with van der Waals surface area (Å²) in [5, 5.41) is 5.92. The van der Waals surface area contributed by atoms with E-state index in [9.17, 15) is 14.4 Å². The molecule has 174 valence electrons. The molecule has 1 heterocycles. The average molecular weight is 452 g/mol. The van der Waals surface area contributed by atoms with Gasteiger partial charge in [0, 0.05) is 36.3 Å². The van der Waals surface area contributed by atoms with Gasteiger partial charge in [-0.15, -0.1) is 0 Å². The third kappa shape index (κ3) is 5.10. The third-order valence-corrected chi connectivity index (χ3v) is 6.16. The molecule has 2 N–H and O–H groups in total. The van der Waals surface area contributed by atoms with E-state index in [0.717, 1.165) is 24.1 Å². The van der Waals surface area contributed by atoms with Gasteiger partial charge in [0.1, 0.15) is 0 Å². The van der Waals surface area contributed by atoms with Gasteiger partial charge in [-0.2, -0.15) is 0 Å². The minimum Gasteiger partial charge on any atom is -0.493 e. The van der Waals surface area contributed by atoms with Gasteiger partial charge in [0.25, 0.3) is 0 Å². The summed E-state index contributed by atoms with van der Waals surface area (Å²) in [6.45, 7) is 2.21. The molecule has 1 aliphatic heterocycles. The van der Waals surface area contributed by atoms with Gasteiger partial charge in [-0.3, -0.25) is 14.4 Å². The van der Waals surface area contributed by atoms with Crippen molar-refractivity contribution in [2.45, 2.75) is 32.2 Å². The summed E-state index contributed by atoms with van der Waals surface area (Å²) >= 11 is 0. The summed E-state index contributed by atoms with van der Waals surface area (Å²) in [5.41, 5.74) is 2.35. The molecule has 0 aromatic heterocycles. The zero-order chi connectivity index (χ0) is 23.5. The van der Waals surface area contributed by atoms with Gasteiger partial charge in [0.2, 0.25) is 17.7 Å². The number of nitrogens with zero attached hydrogens (tertiary/aromatic N) is 1. The fourth-order valence-electron chi connectivity index (χ4n) is 3.99. The lowest BCUT2D eigenvalue weighted by atomic mass is 10.0. The quantitative estimate of drug-likeness (QED) is 0.642. The first-order valence-corrected chi connectivity index (χ1v) is 11.1. The fraction of sp³-hybridized carbons (Fsp3) is 0.400. The van der Waals surface area contributed by atoms with Crippen molar-refractivity contribution in [2.24, 2.45) is 11.8 Å². The Labute approximate surface area is 193 Å². The second-order valence-electron chi connectivity index (χ2n) is 8.56. The number of carbonyl (C=O) groups is 3. The number of methoxy groups -OCH3 is 2. The van der Waals surface area contributed by atoms with Crippen molar-refractivity contribution in [3.8, 4) is 11.5 Å². The zero-order valence-electron chi connectivity index (χ0n) is 19.1. The van der Waals surface area contributed by atoms with E-state index in [4.69, 9.17) is 9.47 Å². The molecular formula is C25H29N3O5. The summed E-state index contributed by atoms with van der Waals surface area (Å²) < 4.78 is 10.6. The van der Waals surface area contributed by atoms with E-state index >= 15 is 0 Å². The van der Waals surface area contributed by atoms with Crippen molar-refractivity contribution in [3.63, 3.8) is 0 Å². The highest BCUT2D eigenvalue weighted by atomic mass is 16.5. The lowest BCUT2D eigenvalue weighted by Crippen LogP contribution is -2.34. The van der Waals surface area contributed by atoms with Gasteiger partial charge in [0.15, 0.2) is 11.5 Å². The third-order valence-electron chi connectivity index (χ3n) is 6.16. The van der Waals surface area contributed by atoms with Crippen LogP contribution in [0.1, 0.15) is 37.8 Å². The van der Waals surface area contributed by atoms with Gasteiger partial charge >= 0.3 is 0 Å². The Bertz CT molecular complexity index is 1050. The number of ether oxygens (including phenoxy) is 2. The largest absolute Gasteiger partial charge is 0.493 e. The number of carbonyl (C=O) groups excluding carboxylic acids is 3.